The number of carbonyl (C=O) groups excluding carboxylic acids is 1. The van der Waals surface area contributed by atoms with Crippen molar-refractivity contribution in [2.75, 3.05) is 11.9 Å². The third-order valence-corrected chi connectivity index (χ3v) is 4.00. The van der Waals surface area contributed by atoms with Crippen molar-refractivity contribution in [3.05, 3.63) is 65.9 Å². The number of para-hydroxylation sites is 2. The first kappa shape index (κ1) is 17.8. The van der Waals surface area contributed by atoms with Crippen molar-refractivity contribution in [1.29, 1.82) is 0 Å². The zero-order chi connectivity index (χ0) is 18.5. The first-order valence-corrected chi connectivity index (χ1v) is 8.43. The molecule has 1 aromatic carbocycles. The molecule has 1 atom stereocenters. The number of aryl methyl sites for hydroxylation is 2. The van der Waals surface area contributed by atoms with Crippen LogP contribution < -0.4 is 10.6 Å². The molecule has 0 radical (unpaired) electrons. The van der Waals surface area contributed by atoms with E-state index < -0.39 is 6.04 Å². The molecule has 0 aliphatic rings. The van der Waals surface area contributed by atoms with Crippen LogP contribution in [0, 0.1) is 13.8 Å². The lowest BCUT2D eigenvalue weighted by Gasteiger charge is -2.17. The number of aliphatic hydroxyl groups is 1. The van der Waals surface area contributed by atoms with Crippen molar-refractivity contribution in [1.82, 2.24) is 15.1 Å². The topological polar surface area (TPSA) is 92.3 Å². The smallest absolute Gasteiger partial charge is 0.319 e. The van der Waals surface area contributed by atoms with Crippen molar-refractivity contribution >= 4 is 11.7 Å². The molecule has 2 aromatic heterocycles. The van der Waals surface area contributed by atoms with Crippen molar-refractivity contribution in [3.63, 3.8) is 0 Å². The molecule has 7 heteroatoms. The number of nitrogens with zero attached hydrogens (tertiary/aromatic N) is 2. The van der Waals surface area contributed by atoms with Gasteiger partial charge in [-0.25, -0.2) is 9.48 Å². The zero-order valence-corrected chi connectivity index (χ0v) is 14.8. The van der Waals surface area contributed by atoms with Gasteiger partial charge in [-0.15, -0.1) is 0 Å². The lowest BCUT2D eigenvalue weighted by atomic mass is 10.1. The number of anilines is 1. The molecule has 0 saturated heterocycles. The molecule has 3 N–H and O–H groups in total. The maximum atomic E-state index is 12.5. The fourth-order valence-corrected chi connectivity index (χ4v) is 2.86. The number of hydrogen-bond donors (Lipinski definition) is 3. The lowest BCUT2D eigenvalue weighted by molar-refractivity contribution is 0.233. The molecule has 0 unspecified atom stereocenters. The van der Waals surface area contributed by atoms with Crippen LogP contribution in [0.25, 0.3) is 5.69 Å². The molecule has 3 rings (SSSR count). The zero-order valence-electron chi connectivity index (χ0n) is 14.8. The molecule has 2 amide bonds. The number of furan rings is 1. The number of carbonyl (C=O) groups is 1. The number of rotatable bonds is 6. The van der Waals surface area contributed by atoms with Gasteiger partial charge in [0, 0.05) is 12.3 Å². The Balaban J connectivity index is 1.78. The van der Waals surface area contributed by atoms with E-state index in [0.29, 0.717) is 17.9 Å². The minimum atomic E-state index is -0.407. The quantitative estimate of drug-likeness (QED) is 0.633. The standard InChI is InChI=1S/C19H22N4O3/c1-13-12-14(2)23(22-13)17-7-4-3-6-15(17)20-19(25)21-16(9-10-24)18-8-5-11-26-18/h3-8,11-12,16,24H,9-10H2,1-2H3,(H2,20,21,25)/t16-/m0/s1. The molecule has 0 aliphatic carbocycles. The van der Waals surface area contributed by atoms with Crippen LogP contribution in [0.5, 0.6) is 0 Å². The largest absolute Gasteiger partial charge is 0.467 e. The van der Waals surface area contributed by atoms with E-state index in [0.717, 1.165) is 17.1 Å². The van der Waals surface area contributed by atoms with Crippen LogP contribution in [-0.2, 0) is 0 Å². The summed E-state index contributed by atoms with van der Waals surface area (Å²) < 4.78 is 7.14. The van der Waals surface area contributed by atoms with Gasteiger partial charge in [0.15, 0.2) is 0 Å². The van der Waals surface area contributed by atoms with E-state index in [1.807, 2.05) is 44.2 Å². The van der Waals surface area contributed by atoms with Gasteiger partial charge in [-0.05, 0) is 50.6 Å². The Bertz CT molecular complexity index is 871. The van der Waals surface area contributed by atoms with Crippen LogP contribution in [0.4, 0.5) is 10.5 Å². The molecule has 2 heterocycles. The van der Waals surface area contributed by atoms with Crippen LogP contribution in [0.2, 0.25) is 0 Å². The highest BCUT2D eigenvalue weighted by Gasteiger charge is 2.18. The average molecular weight is 354 g/mol. The highest BCUT2D eigenvalue weighted by atomic mass is 16.3. The molecule has 0 bridgehead atoms. The second-order valence-electron chi connectivity index (χ2n) is 6.03. The monoisotopic (exact) mass is 354 g/mol. The van der Waals surface area contributed by atoms with E-state index in [1.54, 1.807) is 16.8 Å². The minimum absolute atomic E-state index is 0.0615. The second-order valence-corrected chi connectivity index (χ2v) is 6.03. The van der Waals surface area contributed by atoms with E-state index in [1.165, 1.54) is 6.26 Å². The number of amides is 2. The number of urea groups is 1. The van der Waals surface area contributed by atoms with E-state index in [9.17, 15) is 9.90 Å². The maximum Gasteiger partial charge on any atom is 0.319 e. The summed E-state index contributed by atoms with van der Waals surface area (Å²) >= 11 is 0. The summed E-state index contributed by atoms with van der Waals surface area (Å²) in [6, 6.07) is 12.2. The van der Waals surface area contributed by atoms with Crippen molar-refractivity contribution < 1.29 is 14.3 Å². The Morgan fingerprint density at radius 2 is 2.08 bits per heavy atom. The molecule has 136 valence electrons. The van der Waals surface area contributed by atoms with Gasteiger partial charge in [0.25, 0.3) is 0 Å². The molecular weight excluding hydrogens is 332 g/mol. The first-order chi connectivity index (χ1) is 12.6. The summed E-state index contributed by atoms with van der Waals surface area (Å²) in [5.41, 5.74) is 3.30. The lowest BCUT2D eigenvalue weighted by Crippen LogP contribution is -2.33. The molecule has 0 spiro atoms. The Kier molecular flexibility index (Phi) is 5.38. The van der Waals surface area contributed by atoms with Gasteiger partial charge in [-0.1, -0.05) is 12.1 Å². The third-order valence-electron chi connectivity index (χ3n) is 4.00. The highest BCUT2D eigenvalue weighted by molar-refractivity contribution is 5.91. The number of nitrogens with one attached hydrogen (secondary N) is 2. The van der Waals surface area contributed by atoms with Gasteiger partial charge < -0.3 is 20.2 Å². The fourth-order valence-electron chi connectivity index (χ4n) is 2.86. The van der Waals surface area contributed by atoms with Crippen molar-refractivity contribution in [2.45, 2.75) is 26.3 Å². The summed E-state index contributed by atoms with van der Waals surface area (Å²) in [5.74, 6) is 0.598. The molecule has 7 nitrogen and oxygen atoms in total. The fraction of sp³-hybridized carbons (Fsp3) is 0.263. The van der Waals surface area contributed by atoms with E-state index in [-0.39, 0.29) is 12.6 Å². The summed E-state index contributed by atoms with van der Waals surface area (Å²) in [7, 11) is 0. The van der Waals surface area contributed by atoms with Crippen LogP contribution in [0.15, 0.2) is 53.1 Å². The molecule has 0 saturated carbocycles. The Labute approximate surface area is 151 Å². The van der Waals surface area contributed by atoms with Gasteiger partial charge in [-0.3, -0.25) is 0 Å². The maximum absolute atomic E-state index is 12.5. The van der Waals surface area contributed by atoms with Crippen LogP contribution >= 0.6 is 0 Å². The Hall–Kier alpha value is -3.06. The van der Waals surface area contributed by atoms with E-state index in [2.05, 4.69) is 15.7 Å². The van der Waals surface area contributed by atoms with Crippen molar-refractivity contribution in [3.8, 4) is 5.69 Å². The summed E-state index contributed by atoms with van der Waals surface area (Å²) in [4.78, 5) is 12.5. The van der Waals surface area contributed by atoms with Gasteiger partial charge >= 0.3 is 6.03 Å². The number of benzene rings is 1. The van der Waals surface area contributed by atoms with Gasteiger partial charge in [0.05, 0.1) is 29.4 Å². The minimum Gasteiger partial charge on any atom is -0.467 e. The van der Waals surface area contributed by atoms with Crippen LogP contribution in [-0.4, -0.2) is 27.5 Å². The normalized spacial score (nSPS) is 12.0. The number of aromatic nitrogens is 2. The third kappa shape index (κ3) is 3.94. The summed E-state index contributed by atoms with van der Waals surface area (Å²) in [5, 5.41) is 19.4. The highest BCUT2D eigenvalue weighted by Crippen LogP contribution is 2.22. The average Bonchev–Trinajstić information content (AvgIpc) is 3.25. The number of aliphatic hydroxyl groups excluding tert-OH is 1. The van der Waals surface area contributed by atoms with E-state index in [4.69, 9.17) is 4.42 Å². The predicted octanol–water partition coefficient (Wildman–Crippen LogP) is 3.33. The summed E-state index contributed by atoms with van der Waals surface area (Å²) in [6.45, 7) is 3.83. The molecule has 0 fully saturated rings. The molecule has 26 heavy (non-hydrogen) atoms. The van der Waals surface area contributed by atoms with E-state index >= 15 is 0 Å². The molecule has 3 aromatic rings. The molecular formula is C19H22N4O3. The van der Waals surface area contributed by atoms with Gasteiger partial charge in [0.1, 0.15) is 5.76 Å². The summed E-state index contributed by atoms with van der Waals surface area (Å²) in [6.07, 6.45) is 1.90. The predicted molar refractivity (Wildman–Crippen MR) is 98.3 cm³/mol. The first-order valence-electron chi connectivity index (χ1n) is 8.43. The SMILES string of the molecule is Cc1cc(C)n(-c2ccccc2NC(=O)N[C@@H](CCO)c2ccco2)n1. The second kappa shape index (κ2) is 7.88. The van der Waals surface area contributed by atoms with Crippen LogP contribution in [0.3, 0.4) is 0 Å². The van der Waals surface area contributed by atoms with Crippen molar-refractivity contribution in [2.24, 2.45) is 0 Å². The van der Waals surface area contributed by atoms with Gasteiger partial charge in [-0.2, -0.15) is 5.10 Å². The van der Waals surface area contributed by atoms with Crippen LogP contribution in [0.1, 0.15) is 29.6 Å². The molecule has 0 aliphatic heterocycles. The Morgan fingerprint density at radius 1 is 1.27 bits per heavy atom. The Morgan fingerprint density at radius 3 is 2.73 bits per heavy atom. The number of hydrogen-bond acceptors (Lipinski definition) is 4. The van der Waals surface area contributed by atoms with Gasteiger partial charge in [0.2, 0.25) is 0 Å².